The highest BCUT2D eigenvalue weighted by Crippen LogP contribution is 2.25. The highest BCUT2D eigenvalue weighted by Gasteiger charge is 2.40. The van der Waals surface area contributed by atoms with Crippen LogP contribution in [-0.2, 0) is 9.59 Å². The maximum Gasteiger partial charge on any atom is 0.336 e. The second-order valence-electron chi connectivity index (χ2n) is 3.70. The number of nitrogens with zero attached hydrogens (tertiary/aromatic N) is 1. The SMILES string of the molecule is CN1NC(=O)C(c2ccccc2C(=O)O)C1=O. The van der Waals surface area contributed by atoms with Gasteiger partial charge in [-0.1, -0.05) is 18.2 Å². The number of nitrogens with one attached hydrogen (secondary N) is 1. The van der Waals surface area contributed by atoms with Crippen LogP contribution in [0.25, 0.3) is 0 Å². The van der Waals surface area contributed by atoms with Crippen molar-refractivity contribution >= 4 is 17.8 Å². The van der Waals surface area contributed by atoms with Crippen molar-refractivity contribution < 1.29 is 19.5 Å². The standard InChI is InChI=1S/C11H10N2O4/c1-13-10(15)8(9(14)12-13)6-4-2-3-5-7(6)11(16)17/h2-5,8H,1H3,(H,12,14)(H,16,17). The number of carbonyl (C=O) groups is 3. The third-order valence-corrected chi connectivity index (χ3v) is 2.62. The molecule has 1 aliphatic heterocycles. The van der Waals surface area contributed by atoms with Crippen LogP contribution in [0, 0.1) is 0 Å². The van der Waals surface area contributed by atoms with Crippen LogP contribution >= 0.6 is 0 Å². The van der Waals surface area contributed by atoms with Gasteiger partial charge in [0.2, 0.25) is 0 Å². The van der Waals surface area contributed by atoms with Crippen LogP contribution in [-0.4, -0.2) is 34.9 Å². The number of benzene rings is 1. The minimum atomic E-state index is -1.16. The average molecular weight is 234 g/mol. The van der Waals surface area contributed by atoms with Crippen molar-refractivity contribution in [1.29, 1.82) is 0 Å². The summed E-state index contributed by atoms with van der Waals surface area (Å²) in [6.07, 6.45) is 0. The molecule has 1 atom stereocenters. The van der Waals surface area contributed by atoms with E-state index in [9.17, 15) is 14.4 Å². The number of hydrogen-bond donors (Lipinski definition) is 2. The van der Waals surface area contributed by atoms with Gasteiger partial charge in [-0.25, -0.2) is 4.79 Å². The maximum atomic E-state index is 11.7. The molecular weight excluding hydrogens is 224 g/mol. The number of carboxylic acids is 1. The predicted molar refractivity (Wildman–Crippen MR) is 57.1 cm³/mol. The summed E-state index contributed by atoms with van der Waals surface area (Å²) in [5.74, 6) is -3.20. The molecule has 2 amide bonds. The van der Waals surface area contributed by atoms with E-state index in [1.54, 1.807) is 12.1 Å². The molecule has 1 unspecified atom stereocenters. The summed E-state index contributed by atoms with van der Waals surface area (Å²) < 4.78 is 0. The summed E-state index contributed by atoms with van der Waals surface area (Å²) in [5, 5.41) is 10.1. The summed E-state index contributed by atoms with van der Waals surface area (Å²) in [6.45, 7) is 0. The molecule has 0 radical (unpaired) electrons. The first kappa shape index (κ1) is 11.1. The van der Waals surface area contributed by atoms with Crippen LogP contribution in [0.15, 0.2) is 24.3 Å². The molecule has 1 aromatic carbocycles. The van der Waals surface area contributed by atoms with Crippen LogP contribution < -0.4 is 5.43 Å². The molecule has 1 aromatic rings. The van der Waals surface area contributed by atoms with E-state index in [1.807, 2.05) is 0 Å². The summed E-state index contributed by atoms with van der Waals surface area (Å²) >= 11 is 0. The number of carbonyl (C=O) groups excluding carboxylic acids is 2. The Bertz CT molecular complexity index is 512. The number of amides is 2. The van der Waals surface area contributed by atoms with Crippen molar-refractivity contribution in [2.75, 3.05) is 7.05 Å². The first-order valence-corrected chi connectivity index (χ1v) is 4.92. The van der Waals surface area contributed by atoms with Gasteiger partial charge < -0.3 is 5.11 Å². The van der Waals surface area contributed by atoms with E-state index >= 15 is 0 Å². The van der Waals surface area contributed by atoms with E-state index in [4.69, 9.17) is 5.11 Å². The molecule has 0 bridgehead atoms. The van der Waals surface area contributed by atoms with Gasteiger partial charge in [0, 0.05) is 7.05 Å². The van der Waals surface area contributed by atoms with E-state index in [2.05, 4.69) is 5.43 Å². The Kier molecular flexibility index (Phi) is 2.55. The first-order chi connectivity index (χ1) is 8.02. The van der Waals surface area contributed by atoms with Crippen molar-refractivity contribution in [2.45, 2.75) is 5.92 Å². The molecule has 88 valence electrons. The summed E-state index contributed by atoms with van der Waals surface area (Å²) in [6, 6.07) is 6.00. The zero-order valence-electron chi connectivity index (χ0n) is 9.01. The van der Waals surface area contributed by atoms with E-state index in [1.165, 1.54) is 19.2 Å². The Labute approximate surface area is 96.8 Å². The molecule has 0 saturated carbocycles. The van der Waals surface area contributed by atoms with Gasteiger partial charge in [0.1, 0.15) is 5.92 Å². The molecule has 6 heteroatoms. The zero-order valence-corrected chi connectivity index (χ0v) is 9.01. The Morgan fingerprint density at radius 2 is 2.00 bits per heavy atom. The molecule has 1 fully saturated rings. The van der Waals surface area contributed by atoms with Gasteiger partial charge in [-0.05, 0) is 11.6 Å². The van der Waals surface area contributed by atoms with Crippen LogP contribution in [0.5, 0.6) is 0 Å². The average Bonchev–Trinajstić information content (AvgIpc) is 2.53. The number of aromatic carboxylic acids is 1. The molecule has 0 aromatic heterocycles. The maximum absolute atomic E-state index is 11.7. The smallest absolute Gasteiger partial charge is 0.336 e. The van der Waals surface area contributed by atoms with Crippen LogP contribution in [0.4, 0.5) is 0 Å². The van der Waals surface area contributed by atoms with Gasteiger partial charge >= 0.3 is 5.97 Å². The second kappa shape index (κ2) is 3.89. The van der Waals surface area contributed by atoms with Gasteiger partial charge in [-0.3, -0.25) is 20.0 Å². The largest absolute Gasteiger partial charge is 0.478 e. The third-order valence-electron chi connectivity index (χ3n) is 2.62. The Morgan fingerprint density at radius 1 is 1.35 bits per heavy atom. The fraction of sp³-hybridized carbons (Fsp3) is 0.182. The molecule has 17 heavy (non-hydrogen) atoms. The van der Waals surface area contributed by atoms with E-state index in [0.717, 1.165) is 5.01 Å². The van der Waals surface area contributed by atoms with Crippen molar-refractivity contribution in [3.05, 3.63) is 35.4 Å². The molecular formula is C11H10N2O4. The number of hydrogen-bond acceptors (Lipinski definition) is 3. The van der Waals surface area contributed by atoms with Gasteiger partial charge in [0.25, 0.3) is 11.8 Å². The Balaban J connectivity index is 2.51. The minimum absolute atomic E-state index is 0.0312. The molecule has 6 nitrogen and oxygen atoms in total. The predicted octanol–water partition coefficient (Wildman–Crippen LogP) is -0.0284. The molecule has 2 N–H and O–H groups in total. The molecule has 1 aliphatic rings. The third kappa shape index (κ3) is 1.73. The number of likely N-dealkylation sites (N-methyl/N-ethyl adjacent to an activating group) is 1. The Morgan fingerprint density at radius 3 is 2.53 bits per heavy atom. The van der Waals surface area contributed by atoms with Crippen LogP contribution in [0.1, 0.15) is 21.8 Å². The lowest BCUT2D eigenvalue weighted by molar-refractivity contribution is -0.129. The van der Waals surface area contributed by atoms with E-state index in [-0.39, 0.29) is 11.1 Å². The zero-order chi connectivity index (χ0) is 12.6. The highest BCUT2D eigenvalue weighted by atomic mass is 16.4. The van der Waals surface area contributed by atoms with Gasteiger partial charge in [-0.2, -0.15) is 0 Å². The quantitative estimate of drug-likeness (QED) is 0.703. The van der Waals surface area contributed by atoms with E-state index < -0.39 is 23.7 Å². The van der Waals surface area contributed by atoms with Crippen molar-refractivity contribution in [1.82, 2.24) is 10.4 Å². The minimum Gasteiger partial charge on any atom is -0.478 e. The molecule has 1 heterocycles. The fourth-order valence-electron chi connectivity index (χ4n) is 1.81. The molecule has 0 spiro atoms. The molecule has 0 aliphatic carbocycles. The summed E-state index contributed by atoms with van der Waals surface area (Å²) in [4.78, 5) is 34.4. The van der Waals surface area contributed by atoms with Crippen molar-refractivity contribution in [3.8, 4) is 0 Å². The lowest BCUT2D eigenvalue weighted by Crippen LogP contribution is -2.31. The fourth-order valence-corrected chi connectivity index (χ4v) is 1.81. The Hall–Kier alpha value is -2.37. The second-order valence-corrected chi connectivity index (χ2v) is 3.70. The summed E-state index contributed by atoms with van der Waals surface area (Å²) in [7, 11) is 1.42. The van der Waals surface area contributed by atoms with Crippen LogP contribution in [0.3, 0.4) is 0 Å². The van der Waals surface area contributed by atoms with Gasteiger partial charge in [0.15, 0.2) is 0 Å². The highest BCUT2D eigenvalue weighted by molar-refractivity contribution is 6.11. The molecule has 2 rings (SSSR count). The lowest BCUT2D eigenvalue weighted by atomic mass is 9.93. The topological polar surface area (TPSA) is 86.7 Å². The first-order valence-electron chi connectivity index (χ1n) is 4.92. The molecule has 1 saturated heterocycles. The number of hydrazine groups is 1. The van der Waals surface area contributed by atoms with Crippen LogP contribution in [0.2, 0.25) is 0 Å². The normalized spacial score (nSPS) is 19.4. The van der Waals surface area contributed by atoms with E-state index in [0.29, 0.717) is 0 Å². The number of rotatable bonds is 2. The van der Waals surface area contributed by atoms with Crippen molar-refractivity contribution in [2.24, 2.45) is 0 Å². The lowest BCUT2D eigenvalue weighted by Gasteiger charge is -2.09. The summed E-state index contributed by atoms with van der Waals surface area (Å²) in [5.41, 5.74) is 2.52. The monoisotopic (exact) mass is 234 g/mol. The number of carboxylic acid groups (broad SMARTS) is 1. The van der Waals surface area contributed by atoms with Gasteiger partial charge in [0.05, 0.1) is 5.56 Å². The van der Waals surface area contributed by atoms with Crippen molar-refractivity contribution in [3.63, 3.8) is 0 Å². The van der Waals surface area contributed by atoms with Gasteiger partial charge in [-0.15, -0.1) is 0 Å².